The molecular formula is C16H30N2. The van der Waals surface area contributed by atoms with E-state index in [4.69, 9.17) is 5.73 Å². The summed E-state index contributed by atoms with van der Waals surface area (Å²) in [5.74, 6) is 2.71. The number of likely N-dealkylation sites (tertiary alicyclic amines) is 1. The standard InChI is InChI=1S/C16H30N2/c1-2-12-6-3-4-9-16(12)18-10-13-7-5-8-15(17)14(13)11-18/h12-16H,2-11,17H2,1H3. The lowest BCUT2D eigenvalue weighted by atomic mass is 9.78. The molecule has 2 N–H and O–H groups in total. The van der Waals surface area contributed by atoms with Crippen molar-refractivity contribution in [1.29, 1.82) is 0 Å². The molecular weight excluding hydrogens is 220 g/mol. The van der Waals surface area contributed by atoms with E-state index in [1.807, 2.05) is 0 Å². The fraction of sp³-hybridized carbons (Fsp3) is 1.00. The van der Waals surface area contributed by atoms with Gasteiger partial charge in [0.2, 0.25) is 0 Å². The van der Waals surface area contributed by atoms with Gasteiger partial charge in [-0.3, -0.25) is 4.90 Å². The normalized spacial score (nSPS) is 46.0. The van der Waals surface area contributed by atoms with Gasteiger partial charge in [0.1, 0.15) is 0 Å². The second-order valence-corrected chi connectivity index (χ2v) is 6.99. The van der Waals surface area contributed by atoms with Crippen LogP contribution in [0, 0.1) is 17.8 Å². The van der Waals surface area contributed by atoms with E-state index in [2.05, 4.69) is 11.8 Å². The van der Waals surface area contributed by atoms with Crippen LogP contribution in [-0.4, -0.2) is 30.1 Å². The molecule has 2 nitrogen and oxygen atoms in total. The maximum absolute atomic E-state index is 6.35. The Labute approximate surface area is 112 Å². The van der Waals surface area contributed by atoms with Crippen LogP contribution in [0.25, 0.3) is 0 Å². The average Bonchev–Trinajstić information content (AvgIpc) is 2.84. The van der Waals surface area contributed by atoms with Gasteiger partial charge in [-0.2, -0.15) is 0 Å². The first-order valence-electron chi connectivity index (χ1n) is 8.29. The van der Waals surface area contributed by atoms with E-state index in [0.29, 0.717) is 6.04 Å². The number of nitrogens with zero attached hydrogens (tertiary/aromatic N) is 1. The Bertz CT molecular complexity index is 278. The maximum Gasteiger partial charge on any atom is 0.0124 e. The first-order chi connectivity index (χ1) is 8.79. The number of hydrogen-bond acceptors (Lipinski definition) is 2. The summed E-state index contributed by atoms with van der Waals surface area (Å²) in [7, 11) is 0. The zero-order valence-corrected chi connectivity index (χ0v) is 12.0. The quantitative estimate of drug-likeness (QED) is 0.816. The van der Waals surface area contributed by atoms with E-state index in [1.165, 1.54) is 64.5 Å². The summed E-state index contributed by atoms with van der Waals surface area (Å²) in [6.07, 6.45) is 11.3. The van der Waals surface area contributed by atoms with Crippen LogP contribution in [0.3, 0.4) is 0 Å². The van der Waals surface area contributed by atoms with Gasteiger partial charge in [0.05, 0.1) is 0 Å². The van der Waals surface area contributed by atoms with Crippen LogP contribution < -0.4 is 5.73 Å². The lowest BCUT2D eigenvalue weighted by Gasteiger charge is -2.38. The van der Waals surface area contributed by atoms with Gasteiger partial charge < -0.3 is 5.73 Å². The molecule has 2 saturated carbocycles. The first kappa shape index (κ1) is 12.9. The molecule has 18 heavy (non-hydrogen) atoms. The van der Waals surface area contributed by atoms with E-state index in [1.54, 1.807) is 0 Å². The van der Waals surface area contributed by atoms with Gasteiger partial charge in [0.15, 0.2) is 0 Å². The molecule has 0 radical (unpaired) electrons. The van der Waals surface area contributed by atoms with Crippen LogP contribution in [-0.2, 0) is 0 Å². The van der Waals surface area contributed by atoms with Gasteiger partial charge in [0, 0.05) is 25.2 Å². The van der Waals surface area contributed by atoms with Crippen molar-refractivity contribution in [3.05, 3.63) is 0 Å². The summed E-state index contributed by atoms with van der Waals surface area (Å²) in [4.78, 5) is 2.84. The second kappa shape index (κ2) is 5.50. The first-order valence-corrected chi connectivity index (χ1v) is 8.29. The maximum atomic E-state index is 6.35. The number of rotatable bonds is 2. The van der Waals surface area contributed by atoms with Gasteiger partial charge in [-0.1, -0.05) is 32.6 Å². The van der Waals surface area contributed by atoms with Crippen LogP contribution in [0.15, 0.2) is 0 Å². The van der Waals surface area contributed by atoms with Crippen LogP contribution in [0.4, 0.5) is 0 Å². The lowest BCUT2D eigenvalue weighted by molar-refractivity contribution is 0.119. The van der Waals surface area contributed by atoms with E-state index >= 15 is 0 Å². The molecule has 0 aromatic rings. The zero-order valence-electron chi connectivity index (χ0n) is 12.0. The SMILES string of the molecule is CCC1CCCCC1N1CC2CCCC(N)C2C1. The summed E-state index contributed by atoms with van der Waals surface area (Å²) in [5.41, 5.74) is 6.35. The summed E-state index contributed by atoms with van der Waals surface area (Å²) in [6.45, 7) is 5.06. The molecule has 1 heterocycles. The minimum Gasteiger partial charge on any atom is -0.327 e. The molecule has 0 amide bonds. The molecule has 3 fully saturated rings. The zero-order chi connectivity index (χ0) is 12.5. The molecule has 0 aromatic carbocycles. The topological polar surface area (TPSA) is 29.3 Å². The van der Waals surface area contributed by atoms with Crippen LogP contribution in [0.1, 0.15) is 58.3 Å². The van der Waals surface area contributed by atoms with Crippen molar-refractivity contribution in [2.24, 2.45) is 23.5 Å². The Morgan fingerprint density at radius 1 is 1.00 bits per heavy atom. The lowest BCUT2D eigenvalue weighted by Crippen LogP contribution is -2.42. The summed E-state index contributed by atoms with van der Waals surface area (Å²) < 4.78 is 0. The Morgan fingerprint density at radius 2 is 1.83 bits per heavy atom. The predicted octanol–water partition coefficient (Wildman–Crippen LogP) is 3.01. The minimum absolute atomic E-state index is 0.498. The highest BCUT2D eigenvalue weighted by Gasteiger charge is 2.42. The Morgan fingerprint density at radius 3 is 2.61 bits per heavy atom. The van der Waals surface area contributed by atoms with E-state index in [-0.39, 0.29) is 0 Å². The fourth-order valence-corrected chi connectivity index (χ4v) is 4.97. The molecule has 2 aliphatic carbocycles. The van der Waals surface area contributed by atoms with E-state index in [9.17, 15) is 0 Å². The Kier molecular flexibility index (Phi) is 3.95. The molecule has 0 bridgehead atoms. The Hall–Kier alpha value is -0.0800. The second-order valence-electron chi connectivity index (χ2n) is 6.99. The molecule has 1 aliphatic heterocycles. The van der Waals surface area contributed by atoms with Gasteiger partial charge in [0.25, 0.3) is 0 Å². The van der Waals surface area contributed by atoms with Crippen molar-refractivity contribution in [2.45, 2.75) is 70.4 Å². The third kappa shape index (κ3) is 2.34. The van der Waals surface area contributed by atoms with Gasteiger partial charge >= 0.3 is 0 Å². The molecule has 104 valence electrons. The van der Waals surface area contributed by atoms with Crippen LogP contribution >= 0.6 is 0 Å². The van der Waals surface area contributed by atoms with E-state index in [0.717, 1.165) is 23.8 Å². The highest BCUT2D eigenvalue weighted by atomic mass is 15.2. The number of fused-ring (bicyclic) bond motifs is 1. The monoisotopic (exact) mass is 250 g/mol. The van der Waals surface area contributed by atoms with Crippen molar-refractivity contribution in [3.63, 3.8) is 0 Å². The van der Waals surface area contributed by atoms with Crippen molar-refractivity contribution < 1.29 is 0 Å². The third-order valence-electron chi connectivity index (χ3n) is 6.04. The minimum atomic E-state index is 0.498. The average molecular weight is 250 g/mol. The molecule has 3 aliphatic rings. The van der Waals surface area contributed by atoms with Crippen LogP contribution in [0.5, 0.6) is 0 Å². The van der Waals surface area contributed by atoms with E-state index < -0.39 is 0 Å². The van der Waals surface area contributed by atoms with Crippen molar-refractivity contribution >= 4 is 0 Å². The number of nitrogens with two attached hydrogens (primary N) is 1. The van der Waals surface area contributed by atoms with Crippen molar-refractivity contribution in [2.75, 3.05) is 13.1 Å². The predicted molar refractivity (Wildman–Crippen MR) is 76.4 cm³/mol. The summed E-state index contributed by atoms with van der Waals surface area (Å²) in [6, 6.07) is 1.39. The van der Waals surface area contributed by atoms with Crippen LogP contribution in [0.2, 0.25) is 0 Å². The van der Waals surface area contributed by atoms with Gasteiger partial charge in [-0.15, -0.1) is 0 Å². The smallest absolute Gasteiger partial charge is 0.0124 e. The molecule has 0 aromatic heterocycles. The molecule has 1 saturated heterocycles. The molecule has 5 atom stereocenters. The summed E-state index contributed by atoms with van der Waals surface area (Å²) >= 11 is 0. The molecule has 3 rings (SSSR count). The molecule has 5 unspecified atom stereocenters. The van der Waals surface area contributed by atoms with Gasteiger partial charge in [-0.25, -0.2) is 0 Å². The number of hydrogen-bond donors (Lipinski definition) is 1. The van der Waals surface area contributed by atoms with Crippen molar-refractivity contribution in [1.82, 2.24) is 4.90 Å². The highest BCUT2D eigenvalue weighted by Crippen LogP contribution is 2.40. The van der Waals surface area contributed by atoms with Gasteiger partial charge in [-0.05, 0) is 43.4 Å². The molecule has 2 heteroatoms. The molecule has 0 spiro atoms. The summed E-state index contributed by atoms with van der Waals surface area (Å²) in [5, 5.41) is 0. The highest BCUT2D eigenvalue weighted by molar-refractivity contribution is 4.96. The largest absolute Gasteiger partial charge is 0.327 e. The fourth-order valence-electron chi connectivity index (χ4n) is 4.97. The van der Waals surface area contributed by atoms with Crippen molar-refractivity contribution in [3.8, 4) is 0 Å². The third-order valence-corrected chi connectivity index (χ3v) is 6.04. The Balaban J connectivity index is 1.66.